The Labute approximate surface area is 137 Å². The van der Waals surface area contributed by atoms with Crippen LogP contribution in [0.2, 0.25) is 0 Å². The zero-order valence-corrected chi connectivity index (χ0v) is 15.4. The van der Waals surface area contributed by atoms with Crippen molar-refractivity contribution in [1.29, 1.82) is 0 Å². The van der Waals surface area contributed by atoms with Gasteiger partial charge in [-0.2, -0.15) is 0 Å². The van der Waals surface area contributed by atoms with E-state index in [4.69, 9.17) is 0 Å². The first-order valence-electron chi connectivity index (χ1n) is 8.93. The van der Waals surface area contributed by atoms with Crippen LogP contribution in [-0.2, 0) is 0 Å². The zero-order chi connectivity index (χ0) is 16.4. The molecule has 1 saturated heterocycles. The Morgan fingerprint density at radius 2 is 2.00 bits per heavy atom. The molecule has 0 aromatic rings. The van der Waals surface area contributed by atoms with Gasteiger partial charge in [-0.3, -0.25) is 9.89 Å². The molecule has 2 N–H and O–H groups in total. The summed E-state index contributed by atoms with van der Waals surface area (Å²) < 4.78 is 0. The van der Waals surface area contributed by atoms with Crippen LogP contribution in [-0.4, -0.2) is 75.7 Å². The third-order valence-electron chi connectivity index (χ3n) is 4.81. The number of guanidine groups is 1. The van der Waals surface area contributed by atoms with Crippen LogP contribution < -0.4 is 10.6 Å². The van der Waals surface area contributed by atoms with Crippen molar-refractivity contribution in [2.75, 3.05) is 53.9 Å². The quantitative estimate of drug-likeness (QED) is 0.528. The molecule has 0 radical (unpaired) electrons. The van der Waals surface area contributed by atoms with Crippen molar-refractivity contribution in [2.24, 2.45) is 10.9 Å². The SMILES string of the molecule is CCCCC(CC)CNC(=NC)NCC1CN(C)CCN1C. The molecule has 1 rings (SSSR count). The molecule has 130 valence electrons. The van der Waals surface area contributed by atoms with Gasteiger partial charge in [0.05, 0.1) is 0 Å². The van der Waals surface area contributed by atoms with Gasteiger partial charge in [0.1, 0.15) is 0 Å². The van der Waals surface area contributed by atoms with Crippen molar-refractivity contribution in [3.63, 3.8) is 0 Å². The molecule has 5 heteroatoms. The van der Waals surface area contributed by atoms with Gasteiger partial charge < -0.3 is 15.5 Å². The van der Waals surface area contributed by atoms with Crippen molar-refractivity contribution in [3.8, 4) is 0 Å². The van der Waals surface area contributed by atoms with Crippen LogP contribution in [0.5, 0.6) is 0 Å². The molecular formula is C17H37N5. The van der Waals surface area contributed by atoms with Crippen molar-refractivity contribution in [3.05, 3.63) is 0 Å². The van der Waals surface area contributed by atoms with Crippen molar-refractivity contribution in [2.45, 2.75) is 45.6 Å². The van der Waals surface area contributed by atoms with Gasteiger partial charge in [-0.25, -0.2) is 0 Å². The second kappa shape index (κ2) is 10.8. The van der Waals surface area contributed by atoms with Crippen LogP contribution in [0.4, 0.5) is 0 Å². The largest absolute Gasteiger partial charge is 0.356 e. The molecule has 5 nitrogen and oxygen atoms in total. The number of piperazine rings is 1. The molecule has 0 amide bonds. The fourth-order valence-corrected chi connectivity index (χ4v) is 2.94. The van der Waals surface area contributed by atoms with Crippen LogP contribution in [0.25, 0.3) is 0 Å². The predicted molar refractivity (Wildman–Crippen MR) is 96.6 cm³/mol. The van der Waals surface area contributed by atoms with Crippen LogP contribution in [0.15, 0.2) is 4.99 Å². The maximum atomic E-state index is 4.37. The number of aliphatic imine (C=N–C) groups is 1. The van der Waals surface area contributed by atoms with E-state index in [9.17, 15) is 0 Å². The Morgan fingerprint density at radius 1 is 1.23 bits per heavy atom. The lowest BCUT2D eigenvalue weighted by Crippen LogP contribution is -2.55. The molecule has 1 heterocycles. The van der Waals surface area contributed by atoms with Gasteiger partial charge in [-0.05, 0) is 26.4 Å². The van der Waals surface area contributed by atoms with Crippen LogP contribution in [0.1, 0.15) is 39.5 Å². The Kier molecular flexibility index (Phi) is 9.48. The molecule has 22 heavy (non-hydrogen) atoms. The minimum atomic E-state index is 0.555. The molecule has 0 aromatic heterocycles. The number of nitrogens with zero attached hydrogens (tertiary/aromatic N) is 3. The average molecular weight is 312 g/mol. The number of rotatable bonds is 8. The fourth-order valence-electron chi connectivity index (χ4n) is 2.94. The molecule has 0 bridgehead atoms. The molecule has 0 saturated carbocycles. The Bertz CT molecular complexity index is 318. The van der Waals surface area contributed by atoms with Gasteiger partial charge in [0, 0.05) is 45.8 Å². The number of unbranched alkanes of at least 4 members (excludes halogenated alkanes) is 1. The summed E-state index contributed by atoms with van der Waals surface area (Å²) in [5, 5.41) is 7.00. The third kappa shape index (κ3) is 6.97. The van der Waals surface area contributed by atoms with E-state index in [-0.39, 0.29) is 0 Å². The monoisotopic (exact) mass is 311 g/mol. The van der Waals surface area contributed by atoms with Crippen LogP contribution in [0.3, 0.4) is 0 Å². The molecule has 1 aliphatic rings. The van der Waals surface area contributed by atoms with E-state index in [0.29, 0.717) is 6.04 Å². The highest BCUT2D eigenvalue weighted by Crippen LogP contribution is 2.11. The molecule has 1 aliphatic heterocycles. The Hall–Kier alpha value is -0.810. The first kappa shape index (κ1) is 19.2. The number of likely N-dealkylation sites (N-methyl/N-ethyl adjacent to an activating group) is 2. The molecule has 2 atom stereocenters. The second-order valence-electron chi connectivity index (χ2n) is 6.65. The first-order valence-corrected chi connectivity index (χ1v) is 8.93. The molecule has 0 aromatic carbocycles. The summed E-state index contributed by atoms with van der Waals surface area (Å²) in [6, 6.07) is 0.555. The minimum absolute atomic E-state index is 0.555. The molecule has 0 spiro atoms. The van der Waals surface area contributed by atoms with E-state index in [1.807, 2.05) is 7.05 Å². The van der Waals surface area contributed by atoms with Crippen LogP contribution >= 0.6 is 0 Å². The van der Waals surface area contributed by atoms with E-state index in [2.05, 4.69) is 53.4 Å². The Balaban J connectivity index is 2.32. The molecule has 0 aliphatic carbocycles. The van der Waals surface area contributed by atoms with Crippen molar-refractivity contribution >= 4 is 5.96 Å². The highest BCUT2D eigenvalue weighted by atomic mass is 15.3. The van der Waals surface area contributed by atoms with Gasteiger partial charge in [-0.1, -0.05) is 33.1 Å². The topological polar surface area (TPSA) is 42.9 Å². The van der Waals surface area contributed by atoms with E-state index in [1.54, 1.807) is 0 Å². The lowest BCUT2D eigenvalue weighted by Gasteiger charge is -2.38. The second-order valence-corrected chi connectivity index (χ2v) is 6.65. The predicted octanol–water partition coefficient (Wildman–Crippen LogP) is 1.61. The zero-order valence-electron chi connectivity index (χ0n) is 15.4. The standard InChI is InChI=1S/C17H37N5/c1-6-8-9-15(7-2)12-19-17(18-3)20-13-16-14-21(4)10-11-22(16)5/h15-16H,6-14H2,1-5H3,(H2,18,19,20). The minimum Gasteiger partial charge on any atom is -0.356 e. The highest BCUT2D eigenvalue weighted by molar-refractivity contribution is 5.79. The maximum Gasteiger partial charge on any atom is 0.191 e. The first-order chi connectivity index (χ1) is 10.6. The van der Waals surface area contributed by atoms with Gasteiger partial charge >= 0.3 is 0 Å². The van der Waals surface area contributed by atoms with E-state index in [1.165, 1.54) is 25.7 Å². The lowest BCUT2D eigenvalue weighted by molar-refractivity contribution is 0.116. The van der Waals surface area contributed by atoms with E-state index in [0.717, 1.165) is 44.6 Å². The summed E-state index contributed by atoms with van der Waals surface area (Å²) in [5.74, 6) is 1.69. The highest BCUT2D eigenvalue weighted by Gasteiger charge is 2.22. The summed E-state index contributed by atoms with van der Waals surface area (Å²) in [7, 11) is 6.28. The van der Waals surface area contributed by atoms with Gasteiger partial charge in [0.25, 0.3) is 0 Å². The molecular weight excluding hydrogens is 274 g/mol. The van der Waals surface area contributed by atoms with Crippen molar-refractivity contribution < 1.29 is 0 Å². The third-order valence-corrected chi connectivity index (χ3v) is 4.81. The summed E-state index contributed by atoms with van der Waals surface area (Å²) in [6.07, 6.45) is 5.16. The van der Waals surface area contributed by atoms with Gasteiger partial charge in [0.2, 0.25) is 0 Å². The molecule has 1 fully saturated rings. The summed E-state index contributed by atoms with van der Waals surface area (Å²) in [5.41, 5.74) is 0. The molecule has 2 unspecified atom stereocenters. The average Bonchev–Trinajstić information content (AvgIpc) is 2.53. The maximum absolute atomic E-state index is 4.37. The number of hydrogen-bond acceptors (Lipinski definition) is 3. The van der Waals surface area contributed by atoms with Crippen LogP contribution in [0, 0.1) is 5.92 Å². The van der Waals surface area contributed by atoms with E-state index < -0.39 is 0 Å². The summed E-state index contributed by atoms with van der Waals surface area (Å²) in [4.78, 5) is 9.21. The summed E-state index contributed by atoms with van der Waals surface area (Å²) >= 11 is 0. The summed E-state index contributed by atoms with van der Waals surface area (Å²) in [6.45, 7) is 9.94. The lowest BCUT2D eigenvalue weighted by atomic mass is 9.99. The number of nitrogens with one attached hydrogen (secondary N) is 2. The van der Waals surface area contributed by atoms with Crippen molar-refractivity contribution in [1.82, 2.24) is 20.4 Å². The van der Waals surface area contributed by atoms with E-state index >= 15 is 0 Å². The number of hydrogen-bond donors (Lipinski definition) is 2. The van der Waals surface area contributed by atoms with Gasteiger partial charge in [0.15, 0.2) is 5.96 Å². The Morgan fingerprint density at radius 3 is 2.64 bits per heavy atom. The fraction of sp³-hybridized carbons (Fsp3) is 0.941. The normalized spacial score (nSPS) is 22.6. The smallest absolute Gasteiger partial charge is 0.191 e. The van der Waals surface area contributed by atoms with Gasteiger partial charge in [-0.15, -0.1) is 0 Å².